The van der Waals surface area contributed by atoms with Crippen LogP contribution in [0.2, 0.25) is 0 Å². The third-order valence-corrected chi connectivity index (χ3v) is 5.16. The molecule has 1 aromatic rings. The highest BCUT2D eigenvalue weighted by Gasteiger charge is 2.25. The number of aryl methyl sites for hydroxylation is 1. The quantitative estimate of drug-likeness (QED) is 0.788. The molecule has 1 aliphatic carbocycles. The van der Waals surface area contributed by atoms with Gasteiger partial charge in [-0.1, -0.05) is 12.1 Å². The highest BCUT2D eigenvalue weighted by molar-refractivity contribution is 6.04. The molecule has 1 aliphatic heterocycles. The molecular formula is C19H27N3O3. The molecule has 1 aromatic carbocycles. The Labute approximate surface area is 148 Å². The Morgan fingerprint density at radius 1 is 1.12 bits per heavy atom. The maximum atomic E-state index is 12.8. The first-order valence-electron chi connectivity index (χ1n) is 9.19. The van der Waals surface area contributed by atoms with Gasteiger partial charge >= 0.3 is 6.03 Å². The molecule has 3 N–H and O–H groups in total. The number of benzene rings is 1. The Morgan fingerprint density at radius 2 is 1.80 bits per heavy atom. The second-order valence-electron chi connectivity index (χ2n) is 7.10. The van der Waals surface area contributed by atoms with Crippen LogP contribution in [0.5, 0.6) is 0 Å². The van der Waals surface area contributed by atoms with E-state index in [4.69, 9.17) is 0 Å². The number of urea groups is 1. The first-order valence-corrected chi connectivity index (χ1v) is 9.19. The lowest BCUT2D eigenvalue weighted by molar-refractivity contribution is 0.0793. The van der Waals surface area contributed by atoms with Gasteiger partial charge in [-0.2, -0.15) is 0 Å². The molecule has 0 atom stereocenters. The first kappa shape index (κ1) is 17.7. The first-order chi connectivity index (χ1) is 12.0. The SMILES string of the molecule is Cc1cccc(NC(=O)NC2CCC(O)CC2)c1C(=O)N1CCCC1. The second-order valence-corrected chi connectivity index (χ2v) is 7.10. The van der Waals surface area contributed by atoms with Gasteiger partial charge in [-0.3, -0.25) is 4.79 Å². The highest BCUT2D eigenvalue weighted by atomic mass is 16.3. The van der Waals surface area contributed by atoms with E-state index in [2.05, 4.69) is 10.6 Å². The van der Waals surface area contributed by atoms with Gasteiger partial charge in [-0.25, -0.2) is 4.79 Å². The topological polar surface area (TPSA) is 81.7 Å². The minimum atomic E-state index is -0.289. The van der Waals surface area contributed by atoms with Crippen LogP contribution in [0.15, 0.2) is 18.2 Å². The van der Waals surface area contributed by atoms with E-state index in [-0.39, 0.29) is 24.1 Å². The van der Waals surface area contributed by atoms with Gasteiger partial charge in [0.2, 0.25) is 0 Å². The van der Waals surface area contributed by atoms with Crippen LogP contribution < -0.4 is 10.6 Å². The number of aliphatic hydroxyl groups is 1. The number of hydrogen-bond acceptors (Lipinski definition) is 3. The summed E-state index contributed by atoms with van der Waals surface area (Å²) in [5.74, 6) is -0.00770. The molecule has 136 valence electrons. The number of nitrogens with one attached hydrogen (secondary N) is 2. The summed E-state index contributed by atoms with van der Waals surface area (Å²) in [5, 5.41) is 15.4. The number of carbonyl (C=O) groups excluding carboxylic acids is 2. The van der Waals surface area contributed by atoms with Gasteiger partial charge in [0.05, 0.1) is 17.4 Å². The average molecular weight is 345 g/mol. The maximum Gasteiger partial charge on any atom is 0.319 e. The fraction of sp³-hybridized carbons (Fsp3) is 0.579. The molecule has 0 bridgehead atoms. The predicted octanol–water partition coefficient (Wildman–Crippen LogP) is 2.66. The monoisotopic (exact) mass is 345 g/mol. The Morgan fingerprint density at radius 3 is 2.48 bits per heavy atom. The lowest BCUT2D eigenvalue weighted by atomic mass is 9.93. The summed E-state index contributed by atoms with van der Waals surface area (Å²) < 4.78 is 0. The lowest BCUT2D eigenvalue weighted by Gasteiger charge is -2.26. The lowest BCUT2D eigenvalue weighted by Crippen LogP contribution is -2.41. The maximum absolute atomic E-state index is 12.8. The minimum Gasteiger partial charge on any atom is -0.393 e. The zero-order chi connectivity index (χ0) is 17.8. The molecule has 0 unspecified atom stereocenters. The van der Waals surface area contributed by atoms with Crippen molar-refractivity contribution in [2.24, 2.45) is 0 Å². The number of nitrogens with zero attached hydrogens (tertiary/aromatic N) is 1. The number of aliphatic hydroxyl groups excluding tert-OH is 1. The van der Waals surface area contributed by atoms with E-state index < -0.39 is 0 Å². The smallest absolute Gasteiger partial charge is 0.319 e. The van der Waals surface area contributed by atoms with Gasteiger partial charge < -0.3 is 20.6 Å². The van der Waals surface area contributed by atoms with Crippen LogP contribution >= 0.6 is 0 Å². The number of hydrogen-bond donors (Lipinski definition) is 3. The molecule has 6 heteroatoms. The van der Waals surface area contributed by atoms with Crippen LogP contribution in [0.3, 0.4) is 0 Å². The van der Waals surface area contributed by atoms with Gasteiger partial charge in [-0.15, -0.1) is 0 Å². The molecule has 2 fully saturated rings. The molecule has 3 rings (SSSR count). The van der Waals surface area contributed by atoms with E-state index >= 15 is 0 Å². The van der Waals surface area contributed by atoms with Crippen molar-refractivity contribution in [2.75, 3.05) is 18.4 Å². The summed E-state index contributed by atoms with van der Waals surface area (Å²) in [7, 11) is 0. The third-order valence-electron chi connectivity index (χ3n) is 5.16. The molecule has 0 spiro atoms. The van der Waals surface area contributed by atoms with E-state index in [9.17, 15) is 14.7 Å². The van der Waals surface area contributed by atoms with Crippen molar-refractivity contribution in [3.63, 3.8) is 0 Å². The van der Waals surface area contributed by atoms with Crippen molar-refractivity contribution in [1.82, 2.24) is 10.2 Å². The molecule has 6 nitrogen and oxygen atoms in total. The predicted molar refractivity (Wildman–Crippen MR) is 96.7 cm³/mol. The zero-order valence-corrected chi connectivity index (χ0v) is 14.8. The Hall–Kier alpha value is -2.08. The Kier molecular flexibility index (Phi) is 5.58. The molecule has 1 saturated carbocycles. The Bertz CT molecular complexity index is 633. The molecule has 0 radical (unpaired) electrons. The minimum absolute atomic E-state index is 0.00770. The van der Waals surface area contributed by atoms with E-state index in [1.54, 1.807) is 6.07 Å². The van der Waals surface area contributed by atoms with Crippen LogP contribution in [0.1, 0.15) is 54.4 Å². The van der Waals surface area contributed by atoms with Gasteiger partial charge in [0.25, 0.3) is 5.91 Å². The van der Waals surface area contributed by atoms with E-state index in [0.29, 0.717) is 24.1 Å². The summed E-state index contributed by atoms with van der Waals surface area (Å²) >= 11 is 0. The van der Waals surface area contributed by atoms with Gasteiger partial charge in [0.1, 0.15) is 0 Å². The van der Waals surface area contributed by atoms with E-state index in [0.717, 1.165) is 44.3 Å². The molecule has 1 heterocycles. The summed E-state index contributed by atoms with van der Waals surface area (Å²) in [5.41, 5.74) is 2.01. The number of anilines is 1. The zero-order valence-electron chi connectivity index (χ0n) is 14.8. The second kappa shape index (κ2) is 7.87. The molecule has 2 aliphatic rings. The van der Waals surface area contributed by atoms with Gasteiger partial charge in [0.15, 0.2) is 0 Å². The van der Waals surface area contributed by atoms with Crippen LogP contribution in [-0.4, -0.2) is 47.2 Å². The van der Waals surface area contributed by atoms with Crippen molar-refractivity contribution >= 4 is 17.6 Å². The molecule has 3 amide bonds. The summed E-state index contributed by atoms with van der Waals surface area (Å²) in [6, 6.07) is 5.31. The largest absolute Gasteiger partial charge is 0.393 e. The van der Waals surface area contributed by atoms with Crippen molar-refractivity contribution in [1.29, 1.82) is 0 Å². The number of amides is 3. The molecule has 25 heavy (non-hydrogen) atoms. The normalized spacial score (nSPS) is 23.4. The standard InChI is InChI=1S/C19H27N3O3/c1-13-5-4-6-16(17(13)18(24)22-11-2-3-12-22)21-19(25)20-14-7-9-15(23)10-8-14/h4-6,14-15,23H,2-3,7-12H2,1H3,(H2,20,21,25). The average Bonchev–Trinajstić information content (AvgIpc) is 3.11. The van der Waals surface area contributed by atoms with Crippen LogP contribution in [0.4, 0.5) is 10.5 Å². The highest BCUT2D eigenvalue weighted by Crippen LogP contribution is 2.24. The van der Waals surface area contributed by atoms with Crippen molar-refractivity contribution in [3.05, 3.63) is 29.3 Å². The fourth-order valence-electron chi connectivity index (χ4n) is 3.70. The van der Waals surface area contributed by atoms with E-state index in [1.165, 1.54) is 0 Å². The van der Waals surface area contributed by atoms with Crippen molar-refractivity contribution in [3.8, 4) is 0 Å². The number of likely N-dealkylation sites (tertiary alicyclic amines) is 1. The fourth-order valence-corrected chi connectivity index (χ4v) is 3.70. The van der Waals surface area contributed by atoms with Crippen molar-refractivity contribution < 1.29 is 14.7 Å². The number of rotatable bonds is 3. The van der Waals surface area contributed by atoms with E-state index in [1.807, 2.05) is 24.0 Å². The summed E-state index contributed by atoms with van der Waals surface area (Å²) in [4.78, 5) is 27.0. The summed E-state index contributed by atoms with van der Waals surface area (Å²) in [6.07, 6.45) is 4.82. The van der Waals surface area contributed by atoms with Crippen molar-refractivity contribution in [2.45, 2.75) is 57.6 Å². The molecular weight excluding hydrogens is 318 g/mol. The van der Waals surface area contributed by atoms with Gasteiger partial charge in [0, 0.05) is 19.1 Å². The van der Waals surface area contributed by atoms with Crippen LogP contribution in [0, 0.1) is 6.92 Å². The van der Waals surface area contributed by atoms with Gasteiger partial charge in [-0.05, 0) is 57.1 Å². The molecule has 1 saturated heterocycles. The van der Waals surface area contributed by atoms with Crippen LogP contribution in [0.25, 0.3) is 0 Å². The third kappa shape index (κ3) is 4.31. The Balaban J connectivity index is 1.68. The van der Waals surface area contributed by atoms with Crippen LogP contribution in [-0.2, 0) is 0 Å². The number of carbonyl (C=O) groups is 2. The molecule has 0 aromatic heterocycles. The summed E-state index contributed by atoms with van der Waals surface area (Å²) in [6.45, 7) is 3.46.